The van der Waals surface area contributed by atoms with Gasteiger partial charge in [0.05, 0.1) is 6.61 Å². The predicted molar refractivity (Wildman–Crippen MR) is 49.8 cm³/mol. The van der Waals surface area contributed by atoms with E-state index in [0.717, 1.165) is 5.56 Å². The third-order valence-corrected chi connectivity index (χ3v) is 2.11. The Bertz CT molecular complexity index is 328. The summed E-state index contributed by atoms with van der Waals surface area (Å²) in [4.78, 5) is 16.8. The Balaban J connectivity index is 2.39. The molecule has 1 aromatic carbocycles. The first-order valence-electron chi connectivity index (χ1n) is 3.95. The van der Waals surface area contributed by atoms with Gasteiger partial charge in [0.25, 0.3) is 0 Å². The molecule has 5 nitrogen and oxygen atoms in total. The molecule has 0 bridgehead atoms. The summed E-state index contributed by atoms with van der Waals surface area (Å²) < 4.78 is 14.6. The SMILES string of the molecule is O=P(O)(O)OCCc1ccc(O)cc1. The topological polar surface area (TPSA) is 87.0 Å². The molecule has 0 unspecified atom stereocenters. The maximum absolute atomic E-state index is 10.3. The molecule has 0 radical (unpaired) electrons. The standard InChI is InChI=1S/C8H11O5P/c9-8-3-1-7(2-4-8)5-6-13-14(10,11)12/h1-4,9H,5-6H2,(H2,10,11,12). The number of aromatic hydroxyl groups is 1. The van der Waals surface area contributed by atoms with E-state index in [4.69, 9.17) is 14.9 Å². The van der Waals surface area contributed by atoms with E-state index in [9.17, 15) is 4.57 Å². The van der Waals surface area contributed by atoms with Gasteiger partial charge in [0.15, 0.2) is 0 Å². The van der Waals surface area contributed by atoms with Gasteiger partial charge < -0.3 is 14.9 Å². The van der Waals surface area contributed by atoms with E-state index in [1.54, 1.807) is 12.1 Å². The zero-order valence-corrected chi connectivity index (χ0v) is 8.22. The van der Waals surface area contributed by atoms with E-state index >= 15 is 0 Å². The van der Waals surface area contributed by atoms with Crippen molar-refractivity contribution in [3.63, 3.8) is 0 Å². The van der Waals surface area contributed by atoms with Crippen molar-refractivity contribution < 1.29 is 24.0 Å². The van der Waals surface area contributed by atoms with Crippen molar-refractivity contribution in [1.82, 2.24) is 0 Å². The molecule has 0 aliphatic carbocycles. The number of hydrogen-bond acceptors (Lipinski definition) is 3. The zero-order valence-electron chi connectivity index (χ0n) is 7.33. The third kappa shape index (κ3) is 4.39. The molecular weight excluding hydrogens is 207 g/mol. The maximum Gasteiger partial charge on any atom is 0.469 e. The van der Waals surface area contributed by atoms with E-state index in [1.165, 1.54) is 12.1 Å². The van der Waals surface area contributed by atoms with Crippen molar-refractivity contribution in [2.75, 3.05) is 6.61 Å². The molecule has 78 valence electrons. The van der Waals surface area contributed by atoms with Crippen LogP contribution in [0.5, 0.6) is 5.75 Å². The largest absolute Gasteiger partial charge is 0.508 e. The number of phenolic OH excluding ortho intramolecular Hbond substituents is 1. The second-order valence-electron chi connectivity index (χ2n) is 2.74. The Labute approximate surface area is 81.2 Å². The second-order valence-corrected chi connectivity index (χ2v) is 3.98. The van der Waals surface area contributed by atoms with Crippen molar-refractivity contribution in [1.29, 1.82) is 0 Å². The van der Waals surface area contributed by atoms with Crippen LogP contribution >= 0.6 is 7.82 Å². The van der Waals surface area contributed by atoms with Crippen LogP contribution in [-0.2, 0) is 15.5 Å². The van der Waals surface area contributed by atoms with Crippen LogP contribution in [0.3, 0.4) is 0 Å². The minimum atomic E-state index is -4.36. The number of phosphoric ester groups is 1. The van der Waals surface area contributed by atoms with Gasteiger partial charge in [0.2, 0.25) is 0 Å². The van der Waals surface area contributed by atoms with Crippen LogP contribution in [0.1, 0.15) is 5.56 Å². The van der Waals surface area contributed by atoms with E-state index in [1.807, 2.05) is 0 Å². The molecule has 0 fully saturated rings. The molecule has 0 aromatic heterocycles. The molecular formula is C8H11O5P. The smallest absolute Gasteiger partial charge is 0.469 e. The summed E-state index contributed by atoms with van der Waals surface area (Å²) in [5.74, 6) is 0.157. The van der Waals surface area contributed by atoms with Gasteiger partial charge >= 0.3 is 7.82 Å². The Kier molecular flexibility index (Phi) is 3.66. The van der Waals surface area contributed by atoms with Crippen molar-refractivity contribution in [2.24, 2.45) is 0 Å². The highest BCUT2D eigenvalue weighted by Crippen LogP contribution is 2.35. The molecule has 14 heavy (non-hydrogen) atoms. The van der Waals surface area contributed by atoms with Crippen LogP contribution in [-0.4, -0.2) is 21.5 Å². The van der Waals surface area contributed by atoms with Gasteiger partial charge in [-0.05, 0) is 24.1 Å². The molecule has 0 saturated heterocycles. The molecule has 0 aliphatic heterocycles. The van der Waals surface area contributed by atoms with Gasteiger partial charge in [-0.2, -0.15) is 0 Å². The lowest BCUT2D eigenvalue weighted by atomic mass is 10.2. The molecule has 0 aliphatic rings. The number of benzene rings is 1. The fourth-order valence-electron chi connectivity index (χ4n) is 0.945. The molecule has 6 heteroatoms. The van der Waals surface area contributed by atoms with E-state index < -0.39 is 7.82 Å². The van der Waals surface area contributed by atoms with Crippen molar-refractivity contribution in [3.8, 4) is 5.75 Å². The number of phosphoric acid groups is 1. The highest BCUT2D eigenvalue weighted by Gasteiger charge is 2.12. The summed E-state index contributed by atoms with van der Waals surface area (Å²) in [7, 11) is -4.36. The highest BCUT2D eigenvalue weighted by atomic mass is 31.2. The molecule has 0 amide bonds. The fraction of sp³-hybridized carbons (Fsp3) is 0.250. The van der Waals surface area contributed by atoms with Crippen LogP contribution < -0.4 is 0 Å². The monoisotopic (exact) mass is 218 g/mol. The summed E-state index contributed by atoms with van der Waals surface area (Å²) in [5, 5.41) is 8.96. The minimum Gasteiger partial charge on any atom is -0.508 e. The highest BCUT2D eigenvalue weighted by molar-refractivity contribution is 7.46. The molecule has 0 saturated carbocycles. The Morgan fingerprint density at radius 2 is 1.79 bits per heavy atom. The van der Waals surface area contributed by atoms with E-state index in [-0.39, 0.29) is 12.4 Å². The van der Waals surface area contributed by atoms with Crippen LogP contribution in [0, 0.1) is 0 Å². The molecule has 1 rings (SSSR count). The van der Waals surface area contributed by atoms with Crippen LogP contribution in [0.2, 0.25) is 0 Å². The average Bonchev–Trinajstić information content (AvgIpc) is 2.06. The number of phenols is 1. The van der Waals surface area contributed by atoms with Gasteiger partial charge in [0.1, 0.15) is 5.75 Å². The maximum atomic E-state index is 10.3. The normalized spacial score (nSPS) is 11.6. The first-order valence-corrected chi connectivity index (χ1v) is 5.48. The molecule has 0 atom stereocenters. The Morgan fingerprint density at radius 1 is 1.21 bits per heavy atom. The van der Waals surface area contributed by atoms with E-state index in [2.05, 4.69) is 4.52 Å². The summed E-state index contributed by atoms with van der Waals surface area (Å²) >= 11 is 0. The van der Waals surface area contributed by atoms with Gasteiger partial charge in [-0.25, -0.2) is 4.57 Å². The summed E-state index contributed by atoms with van der Waals surface area (Å²) in [6, 6.07) is 6.34. The van der Waals surface area contributed by atoms with Gasteiger partial charge in [-0.1, -0.05) is 12.1 Å². The lowest BCUT2D eigenvalue weighted by molar-refractivity contribution is 0.199. The summed E-state index contributed by atoms with van der Waals surface area (Å²) in [6.07, 6.45) is 0.394. The average molecular weight is 218 g/mol. The van der Waals surface area contributed by atoms with E-state index in [0.29, 0.717) is 6.42 Å². The lowest BCUT2D eigenvalue weighted by Gasteiger charge is -2.04. The van der Waals surface area contributed by atoms with Gasteiger partial charge in [0, 0.05) is 0 Å². The predicted octanol–water partition coefficient (Wildman–Crippen LogP) is 1.04. The van der Waals surface area contributed by atoms with Crippen molar-refractivity contribution in [2.45, 2.75) is 6.42 Å². The number of rotatable bonds is 4. The van der Waals surface area contributed by atoms with Crippen LogP contribution in [0.25, 0.3) is 0 Å². The van der Waals surface area contributed by atoms with Crippen LogP contribution in [0.4, 0.5) is 0 Å². The minimum absolute atomic E-state index is 0.0466. The van der Waals surface area contributed by atoms with Crippen LogP contribution in [0.15, 0.2) is 24.3 Å². The second kappa shape index (κ2) is 4.57. The summed E-state index contributed by atoms with van der Waals surface area (Å²) in [6.45, 7) is -0.0466. The molecule has 0 spiro atoms. The lowest BCUT2D eigenvalue weighted by Crippen LogP contribution is -1.96. The van der Waals surface area contributed by atoms with Gasteiger partial charge in [-0.15, -0.1) is 0 Å². The van der Waals surface area contributed by atoms with Crippen molar-refractivity contribution >= 4 is 7.82 Å². The Morgan fingerprint density at radius 3 is 2.29 bits per heavy atom. The quantitative estimate of drug-likeness (QED) is 0.657. The molecule has 0 heterocycles. The van der Waals surface area contributed by atoms with Crippen molar-refractivity contribution in [3.05, 3.63) is 29.8 Å². The Hall–Kier alpha value is -0.870. The first-order chi connectivity index (χ1) is 6.47. The first kappa shape index (κ1) is 11.2. The molecule has 1 aromatic rings. The third-order valence-electron chi connectivity index (χ3n) is 1.59. The zero-order chi connectivity index (χ0) is 10.6. The molecule has 3 N–H and O–H groups in total. The fourth-order valence-corrected chi connectivity index (χ4v) is 1.27. The summed E-state index contributed by atoms with van der Waals surface area (Å²) in [5.41, 5.74) is 0.844. The number of hydrogen-bond donors (Lipinski definition) is 3. The van der Waals surface area contributed by atoms with Gasteiger partial charge in [-0.3, -0.25) is 4.52 Å².